The number of benzene rings is 1. The van der Waals surface area contributed by atoms with E-state index in [1.165, 1.54) is 37.7 Å². The summed E-state index contributed by atoms with van der Waals surface area (Å²) in [5.41, 5.74) is 3.50. The minimum atomic E-state index is 0.356. The molecule has 4 heteroatoms. The van der Waals surface area contributed by atoms with Gasteiger partial charge in [-0.05, 0) is 49.8 Å². The molecule has 0 spiro atoms. The van der Waals surface area contributed by atoms with Gasteiger partial charge in [-0.3, -0.25) is 4.90 Å². The molecule has 3 rings (SSSR count). The van der Waals surface area contributed by atoms with Crippen molar-refractivity contribution in [1.29, 1.82) is 0 Å². The van der Waals surface area contributed by atoms with E-state index >= 15 is 0 Å². The normalized spacial score (nSPS) is 22.2. The maximum atomic E-state index is 10.8. The van der Waals surface area contributed by atoms with Crippen LogP contribution in [0.5, 0.6) is 5.75 Å². The van der Waals surface area contributed by atoms with Gasteiger partial charge in [-0.25, -0.2) is 0 Å². The Bertz CT molecular complexity index is 531. The smallest absolute Gasteiger partial charge is 0.120 e. The number of aromatic hydroxyl groups is 1. The van der Waals surface area contributed by atoms with E-state index in [0.29, 0.717) is 17.7 Å². The molecule has 1 aromatic rings. The SMILES string of the molecule is Cc1cc(O)c([C@@H](C2CCCCC2)N2CCNCC2)c(C)c1Br. The van der Waals surface area contributed by atoms with Gasteiger partial charge < -0.3 is 10.4 Å². The van der Waals surface area contributed by atoms with Gasteiger partial charge >= 0.3 is 0 Å². The van der Waals surface area contributed by atoms with Crippen molar-refractivity contribution in [3.05, 3.63) is 27.2 Å². The topological polar surface area (TPSA) is 35.5 Å². The molecule has 1 saturated carbocycles. The number of rotatable bonds is 3. The van der Waals surface area contributed by atoms with E-state index in [2.05, 4.69) is 40.0 Å². The third-order valence-electron chi connectivity index (χ3n) is 5.65. The van der Waals surface area contributed by atoms with Crippen LogP contribution < -0.4 is 5.32 Å². The van der Waals surface area contributed by atoms with Crippen molar-refractivity contribution in [2.75, 3.05) is 26.2 Å². The van der Waals surface area contributed by atoms with Crippen molar-refractivity contribution in [2.45, 2.75) is 52.0 Å². The molecule has 2 aliphatic rings. The lowest BCUT2D eigenvalue weighted by atomic mass is 9.78. The summed E-state index contributed by atoms with van der Waals surface area (Å²) < 4.78 is 1.15. The number of nitrogens with zero attached hydrogens (tertiary/aromatic N) is 1. The molecule has 128 valence electrons. The minimum absolute atomic E-state index is 0.356. The van der Waals surface area contributed by atoms with Crippen molar-refractivity contribution in [3.8, 4) is 5.75 Å². The number of halogens is 1. The molecule has 0 bridgehead atoms. The molecule has 3 nitrogen and oxygen atoms in total. The quantitative estimate of drug-likeness (QED) is 0.820. The Kier molecular flexibility index (Phi) is 5.65. The molecule has 2 fully saturated rings. The van der Waals surface area contributed by atoms with Crippen LogP contribution in [0.2, 0.25) is 0 Å². The Morgan fingerprint density at radius 2 is 1.83 bits per heavy atom. The second-order valence-corrected chi connectivity index (χ2v) is 7.99. The van der Waals surface area contributed by atoms with E-state index in [1.807, 2.05) is 6.07 Å². The zero-order chi connectivity index (χ0) is 16.4. The first-order valence-electron chi connectivity index (χ1n) is 9.03. The second-order valence-electron chi connectivity index (χ2n) is 7.19. The lowest BCUT2D eigenvalue weighted by Gasteiger charge is -2.42. The molecule has 2 N–H and O–H groups in total. The molecule has 1 aliphatic heterocycles. The molecule has 0 amide bonds. The number of nitrogens with one attached hydrogen (secondary N) is 1. The highest BCUT2D eigenvalue weighted by Crippen LogP contribution is 2.45. The molecule has 0 aromatic heterocycles. The Balaban J connectivity index is 2.02. The molecule has 1 saturated heterocycles. The fourth-order valence-corrected chi connectivity index (χ4v) is 4.78. The summed E-state index contributed by atoms with van der Waals surface area (Å²) >= 11 is 3.74. The number of phenolic OH excluding ortho intramolecular Hbond substituents is 1. The van der Waals surface area contributed by atoms with Crippen molar-refractivity contribution in [1.82, 2.24) is 10.2 Å². The van der Waals surface area contributed by atoms with Crippen LogP contribution in [0, 0.1) is 19.8 Å². The van der Waals surface area contributed by atoms with Crippen LogP contribution in [0.3, 0.4) is 0 Å². The van der Waals surface area contributed by atoms with E-state index in [0.717, 1.165) is 41.8 Å². The maximum Gasteiger partial charge on any atom is 0.120 e. The number of phenols is 1. The third-order valence-corrected chi connectivity index (χ3v) is 6.87. The van der Waals surface area contributed by atoms with Gasteiger partial charge in [0.05, 0.1) is 0 Å². The van der Waals surface area contributed by atoms with E-state index in [4.69, 9.17) is 0 Å². The largest absolute Gasteiger partial charge is 0.508 e. The summed E-state index contributed by atoms with van der Waals surface area (Å²) in [4.78, 5) is 2.61. The van der Waals surface area contributed by atoms with Gasteiger partial charge in [0.25, 0.3) is 0 Å². The van der Waals surface area contributed by atoms with Gasteiger partial charge in [0.15, 0.2) is 0 Å². The fraction of sp³-hybridized carbons (Fsp3) is 0.684. The van der Waals surface area contributed by atoms with Gasteiger partial charge in [-0.1, -0.05) is 35.2 Å². The van der Waals surface area contributed by atoms with Crippen LogP contribution in [-0.2, 0) is 0 Å². The molecule has 1 aromatic carbocycles. The average molecular weight is 381 g/mol. The Morgan fingerprint density at radius 3 is 2.48 bits per heavy atom. The summed E-state index contributed by atoms with van der Waals surface area (Å²) in [5, 5.41) is 14.2. The molecule has 0 radical (unpaired) electrons. The highest BCUT2D eigenvalue weighted by molar-refractivity contribution is 9.10. The van der Waals surface area contributed by atoms with Gasteiger partial charge in [0.2, 0.25) is 0 Å². The summed E-state index contributed by atoms with van der Waals surface area (Å²) in [6.45, 7) is 8.47. The Labute approximate surface area is 148 Å². The first-order chi connectivity index (χ1) is 11.1. The van der Waals surface area contributed by atoms with Gasteiger partial charge in [-0.2, -0.15) is 0 Å². The monoisotopic (exact) mass is 380 g/mol. The van der Waals surface area contributed by atoms with Crippen LogP contribution >= 0.6 is 15.9 Å². The summed E-state index contributed by atoms with van der Waals surface area (Å²) in [6, 6.07) is 2.29. The highest BCUT2D eigenvalue weighted by Gasteiger charge is 2.34. The first-order valence-corrected chi connectivity index (χ1v) is 9.82. The zero-order valence-corrected chi connectivity index (χ0v) is 16.0. The molecule has 1 aliphatic carbocycles. The molecular formula is C19H29BrN2O. The van der Waals surface area contributed by atoms with Crippen LogP contribution in [0.15, 0.2) is 10.5 Å². The van der Waals surface area contributed by atoms with Crippen LogP contribution in [0.25, 0.3) is 0 Å². The van der Waals surface area contributed by atoms with Crippen LogP contribution in [0.1, 0.15) is 54.8 Å². The number of piperazine rings is 1. The zero-order valence-electron chi connectivity index (χ0n) is 14.4. The first kappa shape index (κ1) is 17.2. The number of aryl methyl sites for hydroxylation is 1. The van der Waals surface area contributed by atoms with Crippen molar-refractivity contribution in [2.24, 2.45) is 5.92 Å². The van der Waals surface area contributed by atoms with E-state index in [1.54, 1.807) is 0 Å². The van der Waals surface area contributed by atoms with Gasteiger partial charge in [0.1, 0.15) is 5.75 Å². The third kappa shape index (κ3) is 3.59. The molecule has 23 heavy (non-hydrogen) atoms. The van der Waals surface area contributed by atoms with Crippen molar-refractivity contribution < 1.29 is 5.11 Å². The second kappa shape index (κ2) is 7.54. The molecular weight excluding hydrogens is 352 g/mol. The Morgan fingerprint density at radius 1 is 1.17 bits per heavy atom. The molecule has 1 atom stereocenters. The van der Waals surface area contributed by atoms with E-state index in [-0.39, 0.29) is 0 Å². The predicted molar refractivity (Wildman–Crippen MR) is 99.0 cm³/mol. The number of hydrogen-bond acceptors (Lipinski definition) is 3. The van der Waals surface area contributed by atoms with E-state index < -0.39 is 0 Å². The van der Waals surface area contributed by atoms with E-state index in [9.17, 15) is 5.11 Å². The fourth-order valence-electron chi connectivity index (χ4n) is 4.45. The number of hydrogen-bond donors (Lipinski definition) is 2. The standard InChI is InChI=1S/C19H29BrN2O/c1-13-12-16(23)17(14(2)18(13)20)19(15-6-4-3-5-7-15)22-10-8-21-9-11-22/h12,15,19,21,23H,3-11H2,1-2H3/t19-/m1/s1. The molecule has 1 heterocycles. The summed E-state index contributed by atoms with van der Waals surface area (Å²) in [5.74, 6) is 1.15. The van der Waals surface area contributed by atoms with Crippen molar-refractivity contribution >= 4 is 15.9 Å². The van der Waals surface area contributed by atoms with Crippen LogP contribution in [0.4, 0.5) is 0 Å². The predicted octanol–water partition coefficient (Wildman–Crippen LogP) is 4.30. The van der Waals surface area contributed by atoms with Gasteiger partial charge in [-0.15, -0.1) is 0 Å². The average Bonchev–Trinajstić information content (AvgIpc) is 2.58. The molecule has 0 unspecified atom stereocenters. The maximum absolute atomic E-state index is 10.8. The van der Waals surface area contributed by atoms with Crippen molar-refractivity contribution in [3.63, 3.8) is 0 Å². The lowest BCUT2D eigenvalue weighted by molar-refractivity contribution is 0.101. The van der Waals surface area contributed by atoms with Gasteiger partial charge in [0, 0.05) is 42.3 Å². The minimum Gasteiger partial charge on any atom is -0.508 e. The lowest BCUT2D eigenvalue weighted by Crippen LogP contribution is -2.47. The highest BCUT2D eigenvalue weighted by atomic mass is 79.9. The summed E-state index contributed by atoms with van der Waals surface area (Å²) in [6.07, 6.45) is 6.62. The summed E-state index contributed by atoms with van der Waals surface area (Å²) in [7, 11) is 0. The van der Waals surface area contributed by atoms with Crippen LogP contribution in [-0.4, -0.2) is 36.2 Å². The Hall–Kier alpha value is -0.580.